The number of carbonyl (C=O) groups excluding carboxylic acids is 2. The number of hydrogen-bond acceptors (Lipinski definition) is 5. The number of ether oxygens (including phenoxy) is 2. The van der Waals surface area contributed by atoms with Gasteiger partial charge in [0.25, 0.3) is 0 Å². The second-order valence-corrected chi connectivity index (χ2v) is 19.5. The molecule has 5 nitrogen and oxygen atoms in total. The average molecular weight is 507 g/mol. The molecule has 0 spiro atoms. The van der Waals surface area contributed by atoms with E-state index in [2.05, 4.69) is 26.8 Å². The Kier molecular flexibility index (Phi) is 10.8. The Morgan fingerprint density at radius 3 is 1.69 bits per heavy atom. The van der Waals surface area contributed by atoms with E-state index >= 15 is 0 Å². The van der Waals surface area contributed by atoms with Crippen LogP contribution in [-0.4, -0.2) is 44.5 Å². The van der Waals surface area contributed by atoms with Crippen LogP contribution in [0.2, 0.25) is 15.8 Å². The predicted octanol–water partition coefficient (Wildman–Crippen LogP) is 5.78. The molecule has 32 heavy (non-hydrogen) atoms. The Bertz CT molecular complexity index is 728. The molecule has 0 unspecified atom stereocenters. The summed E-state index contributed by atoms with van der Waals surface area (Å²) in [5, 5.41) is 14.8. The Morgan fingerprint density at radius 2 is 1.25 bits per heavy atom. The van der Waals surface area contributed by atoms with Crippen LogP contribution in [0.5, 0.6) is 0 Å². The predicted molar refractivity (Wildman–Crippen MR) is 130 cm³/mol. The van der Waals surface area contributed by atoms with E-state index in [9.17, 15) is 14.7 Å². The van der Waals surface area contributed by atoms with Gasteiger partial charge in [0.15, 0.2) is 0 Å². The third kappa shape index (κ3) is 5.59. The molecule has 0 radical (unpaired) electrons. The summed E-state index contributed by atoms with van der Waals surface area (Å²) in [6.45, 7) is 6.67. The van der Waals surface area contributed by atoms with E-state index in [1.165, 1.54) is 30.0 Å². The maximum atomic E-state index is 13.3. The molecule has 0 saturated heterocycles. The molecule has 180 valence electrons. The standard InChI is InChI=1S/C26H42GeO5/c1-6-9-16-27(17-10-7-2,18-11-8-3)23-19-14-12-13-15-20(19)24(28)22(26(30)32-5)21(23)25(29)31-4/h12-15,21-24,28H,6-11,16-18H2,1-5H3/t21-,22-,23-,24+/m0/s1. The van der Waals surface area contributed by atoms with Crippen LogP contribution in [-0.2, 0) is 19.1 Å². The number of methoxy groups -OCH3 is 2. The van der Waals surface area contributed by atoms with Gasteiger partial charge in [-0.15, -0.1) is 0 Å². The molecule has 0 aliphatic heterocycles. The van der Waals surface area contributed by atoms with Gasteiger partial charge in [0.2, 0.25) is 0 Å². The number of benzene rings is 1. The molecule has 0 aromatic heterocycles. The molecule has 0 saturated carbocycles. The Balaban J connectivity index is 2.80. The number of unbranched alkanes of at least 4 members (excludes halogenated alkanes) is 3. The second kappa shape index (κ2) is 12.8. The van der Waals surface area contributed by atoms with E-state index in [-0.39, 0.29) is 4.75 Å². The number of rotatable bonds is 12. The molecule has 0 heterocycles. The molecule has 0 bridgehead atoms. The summed E-state index contributed by atoms with van der Waals surface area (Å²) in [7, 11) is 2.72. The van der Waals surface area contributed by atoms with Crippen molar-refractivity contribution in [3.8, 4) is 0 Å². The first-order chi connectivity index (χ1) is 15.4. The summed E-state index contributed by atoms with van der Waals surface area (Å²) in [5.41, 5.74) is 1.85. The molecule has 1 aliphatic carbocycles. The third-order valence-electron chi connectivity index (χ3n) is 7.43. The fraction of sp³-hybridized carbons (Fsp3) is 0.692. The summed E-state index contributed by atoms with van der Waals surface area (Å²) >= 11 is -2.78. The van der Waals surface area contributed by atoms with Crippen molar-refractivity contribution < 1.29 is 24.2 Å². The van der Waals surface area contributed by atoms with E-state index in [0.29, 0.717) is 0 Å². The van der Waals surface area contributed by atoms with Gasteiger partial charge in [-0.2, -0.15) is 0 Å². The SMILES string of the molecule is CCC[CH2][Ge]([CH2]CCC)([CH2]CCC)[C@H]1c2ccccc2[C@@H](O)[C@@H](C(=O)OC)[C@@H]1C(=O)OC. The average Bonchev–Trinajstić information content (AvgIpc) is 2.83. The first-order valence-electron chi connectivity index (χ1n) is 12.3. The van der Waals surface area contributed by atoms with Crippen molar-refractivity contribution in [3.63, 3.8) is 0 Å². The summed E-state index contributed by atoms with van der Waals surface area (Å²) in [4.78, 5) is 26.3. The van der Waals surface area contributed by atoms with Crippen molar-refractivity contribution in [3.05, 3.63) is 35.4 Å². The van der Waals surface area contributed by atoms with Crippen LogP contribution in [0.1, 0.15) is 81.3 Å². The molecule has 1 aromatic carbocycles. The van der Waals surface area contributed by atoms with Gasteiger partial charge in [0.1, 0.15) is 0 Å². The fourth-order valence-electron chi connectivity index (χ4n) is 5.82. The molecule has 1 N–H and O–H groups in total. The van der Waals surface area contributed by atoms with Crippen LogP contribution in [0.4, 0.5) is 0 Å². The summed E-state index contributed by atoms with van der Waals surface area (Å²) in [6.07, 6.45) is 5.72. The van der Waals surface area contributed by atoms with Gasteiger partial charge in [0.05, 0.1) is 0 Å². The van der Waals surface area contributed by atoms with E-state index in [4.69, 9.17) is 9.47 Å². The van der Waals surface area contributed by atoms with Gasteiger partial charge in [-0.1, -0.05) is 0 Å². The van der Waals surface area contributed by atoms with Crippen LogP contribution in [0, 0.1) is 11.8 Å². The van der Waals surface area contributed by atoms with Gasteiger partial charge in [-0.3, -0.25) is 0 Å². The van der Waals surface area contributed by atoms with Gasteiger partial charge in [-0.05, 0) is 0 Å². The van der Waals surface area contributed by atoms with Crippen molar-refractivity contribution >= 4 is 25.2 Å². The molecule has 2 rings (SSSR count). The molecule has 0 amide bonds. The molecule has 0 fully saturated rings. The topological polar surface area (TPSA) is 72.8 Å². The quantitative estimate of drug-likeness (QED) is 0.287. The maximum absolute atomic E-state index is 13.3. The first kappa shape index (κ1) is 26.9. The van der Waals surface area contributed by atoms with Gasteiger partial charge in [-0.25, -0.2) is 0 Å². The minimum atomic E-state index is -2.78. The van der Waals surface area contributed by atoms with Crippen molar-refractivity contribution in [1.29, 1.82) is 0 Å². The Labute approximate surface area is 196 Å². The molecular weight excluding hydrogens is 465 g/mol. The zero-order chi connectivity index (χ0) is 23.7. The van der Waals surface area contributed by atoms with E-state index < -0.39 is 43.1 Å². The van der Waals surface area contributed by atoms with Crippen LogP contribution >= 0.6 is 0 Å². The van der Waals surface area contributed by atoms with Gasteiger partial charge < -0.3 is 0 Å². The first-order valence-corrected chi connectivity index (χ1v) is 18.0. The Morgan fingerprint density at radius 1 is 0.812 bits per heavy atom. The van der Waals surface area contributed by atoms with Crippen molar-refractivity contribution in [2.45, 2.75) is 85.9 Å². The monoisotopic (exact) mass is 508 g/mol. The number of aliphatic hydroxyl groups is 1. The number of hydrogen-bond donors (Lipinski definition) is 1. The zero-order valence-corrected chi connectivity index (χ0v) is 22.7. The zero-order valence-electron chi connectivity index (χ0n) is 20.6. The number of fused-ring (bicyclic) bond motifs is 1. The van der Waals surface area contributed by atoms with E-state index in [1.807, 2.05) is 18.2 Å². The summed E-state index contributed by atoms with van der Waals surface area (Å²) < 4.78 is 10.4. The number of carbonyl (C=O) groups is 2. The van der Waals surface area contributed by atoms with Crippen LogP contribution < -0.4 is 0 Å². The fourth-order valence-corrected chi connectivity index (χ4v) is 20.3. The van der Waals surface area contributed by atoms with Crippen molar-refractivity contribution in [2.75, 3.05) is 14.2 Å². The van der Waals surface area contributed by atoms with Crippen molar-refractivity contribution in [1.82, 2.24) is 0 Å². The van der Waals surface area contributed by atoms with E-state index in [1.54, 1.807) is 0 Å². The molecule has 1 aromatic rings. The normalized spacial score (nSPS) is 22.8. The van der Waals surface area contributed by atoms with Gasteiger partial charge in [0, 0.05) is 0 Å². The number of aliphatic hydroxyl groups excluding tert-OH is 1. The molecular formula is C26H42GeO5. The third-order valence-corrected chi connectivity index (χ3v) is 20.1. The molecule has 6 heteroatoms. The van der Waals surface area contributed by atoms with Crippen LogP contribution in [0.25, 0.3) is 0 Å². The Hall–Kier alpha value is -1.34. The second-order valence-electron chi connectivity index (χ2n) is 9.32. The van der Waals surface area contributed by atoms with Gasteiger partial charge >= 0.3 is 197 Å². The van der Waals surface area contributed by atoms with Crippen LogP contribution in [0.3, 0.4) is 0 Å². The number of esters is 2. The van der Waals surface area contributed by atoms with Crippen LogP contribution in [0.15, 0.2) is 24.3 Å². The van der Waals surface area contributed by atoms with Crippen molar-refractivity contribution in [2.24, 2.45) is 11.8 Å². The summed E-state index contributed by atoms with van der Waals surface area (Å²) in [6, 6.07) is 7.90. The molecule has 1 aliphatic rings. The minimum absolute atomic E-state index is 0.0178. The summed E-state index contributed by atoms with van der Waals surface area (Å²) in [5.74, 6) is -2.53. The molecule has 4 atom stereocenters. The van der Waals surface area contributed by atoms with E-state index in [0.717, 1.165) is 49.7 Å².